The van der Waals surface area contributed by atoms with Gasteiger partial charge in [-0.05, 0) is 47.5 Å². The van der Waals surface area contributed by atoms with Gasteiger partial charge in [0, 0.05) is 10.9 Å². The van der Waals surface area contributed by atoms with Gasteiger partial charge in [-0.2, -0.15) is 0 Å². The molecule has 0 amide bonds. The summed E-state index contributed by atoms with van der Waals surface area (Å²) in [7, 11) is 0. The number of nitrogens with one attached hydrogen (secondary N) is 1. The van der Waals surface area contributed by atoms with E-state index in [2.05, 4.69) is 53.0 Å². The van der Waals surface area contributed by atoms with E-state index in [4.69, 9.17) is 0 Å². The monoisotopic (exact) mass is 223 g/mol. The third-order valence-corrected chi connectivity index (χ3v) is 2.95. The molecule has 0 fully saturated rings. The summed E-state index contributed by atoms with van der Waals surface area (Å²) in [6.07, 6.45) is 0. The van der Waals surface area contributed by atoms with Crippen LogP contribution in [0.1, 0.15) is 11.1 Å². The Labute approximate surface area is 79.9 Å². The number of fused-ring (bicyclic) bond motifs is 1. The Kier molecular flexibility index (Phi) is 1.72. The lowest BCUT2D eigenvalue weighted by Crippen LogP contribution is -1.72. The van der Waals surface area contributed by atoms with Crippen molar-refractivity contribution in [3.63, 3.8) is 0 Å². The Hall–Kier alpha value is -0.760. The van der Waals surface area contributed by atoms with Crippen molar-refractivity contribution in [2.75, 3.05) is 0 Å². The highest BCUT2D eigenvalue weighted by Gasteiger charge is 2.03. The smallest absolute Gasteiger partial charge is 0.0860 e. The van der Waals surface area contributed by atoms with Gasteiger partial charge in [-0.1, -0.05) is 11.6 Å². The van der Waals surface area contributed by atoms with Crippen molar-refractivity contribution in [3.8, 4) is 0 Å². The molecule has 0 saturated heterocycles. The summed E-state index contributed by atoms with van der Waals surface area (Å²) in [5.41, 5.74) is 3.79. The summed E-state index contributed by atoms with van der Waals surface area (Å²) >= 11 is 3.48. The molecule has 1 N–H and O–H groups in total. The van der Waals surface area contributed by atoms with Gasteiger partial charge >= 0.3 is 0 Å². The second-order valence-corrected chi connectivity index (χ2v) is 3.91. The number of aromatic nitrogens is 1. The molecule has 0 saturated carbocycles. The number of aromatic amines is 1. The van der Waals surface area contributed by atoms with Gasteiger partial charge < -0.3 is 4.98 Å². The quantitative estimate of drug-likeness (QED) is 0.704. The Morgan fingerprint density at radius 1 is 1.25 bits per heavy atom. The van der Waals surface area contributed by atoms with Crippen LogP contribution in [0.4, 0.5) is 0 Å². The third-order valence-electron chi connectivity index (χ3n) is 2.15. The van der Waals surface area contributed by atoms with E-state index in [1.165, 1.54) is 22.0 Å². The summed E-state index contributed by atoms with van der Waals surface area (Å²) in [5, 5.41) is 1.31. The van der Waals surface area contributed by atoms with Crippen LogP contribution in [-0.2, 0) is 0 Å². The highest BCUT2D eigenvalue weighted by Crippen LogP contribution is 2.25. The minimum absolute atomic E-state index is 1.09. The first-order valence-electron chi connectivity index (χ1n) is 3.93. The van der Waals surface area contributed by atoms with Gasteiger partial charge in [0.05, 0.1) is 4.60 Å². The summed E-state index contributed by atoms with van der Waals surface area (Å²) in [6.45, 7) is 4.22. The summed E-state index contributed by atoms with van der Waals surface area (Å²) < 4.78 is 1.09. The molecule has 62 valence electrons. The van der Waals surface area contributed by atoms with E-state index in [1.807, 2.05) is 0 Å². The zero-order valence-corrected chi connectivity index (χ0v) is 8.70. The van der Waals surface area contributed by atoms with E-state index in [1.54, 1.807) is 0 Å². The average Bonchev–Trinajstić information content (AvgIpc) is 2.31. The van der Waals surface area contributed by atoms with Crippen LogP contribution in [0.15, 0.2) is 22.8 Å². The van der Waals surface area contributed by atoms with Crippen LogP contribution in [0.2, 0.25) is 0 Å². The molecular formula is C10H10BrN. The lowest BCUT2D eigenvalue weighted by molar-refractivity contribution is 1.36. The molecule has 0 spiro atoms. The zero-order chi connectivity index (χ0) is 8.72. The highest BCUT2D eigenvalue weighted by atomic mass is 79.9. The average molecular weight is 224 g/mol. The Morgan fingerprint density at radius 3 is 2.75 bits per heavy atom. The Balaban J connectivity index is 2.88. The van der Waals surface area contributed by atoms with Gasteiger partial charge in [-0.15, -0.1) is 0 Å². The maximum Gasteiger partial charge on any atom is 0.0860 e. The predicted octanol–water partition coefficient (Wildman–Crippen LogP) is 3.55. The molecule has 2 heteroatoms. The molecule has 0 radical (unpaired) electrons. The molecule has 2 rings (SSSR count). The van der Waals surface area contributed by atoms with Crippen molar-refractivity contribution in [1.29, 1.82) is 0 Å². The van der Waals surface area contributed by atoms with Gasteiger partial charge in [-0.25, -0.2) is 0 Å². The summed E-state index contributed by atoms with van der Waals surface area (Å²) in [4.78, 5) is 3.27. The van der Waals surface area contributed by atoms with E-state index in [9.17, 15) is 0 Å². The fourth-order valence-corrected chi connectivity index (χ4v) is 1.83. The van der Waals surface area contributed by atoms with E-state index >= 15 is 0 Å². The van der Waals surface area contributed by atoms with Crippen LogP contribution in [0.5, 0.6) is 0 Å². The fourth-order valence-electron chi connectivity index (χ4n) is 1.41. The second-order valence-electron chi connectivity index (χ2n) is 3.11. The first-order chi connectivity index (χ1) is 5.68. The van der Waals surface area contributed by atoms with Gasteiger partial charge in [0.1, 0.15) is 0 Å². The number of rotatable bonds is 0. The first kappa shape index (κ1) is 7.87. The number of H-pyrrole nitrogens is 1. The maximum absolute atomic E-state index is 3.48. The maximum atomic E-state index is 3.48. The molecule has 0 bridgehead atoms. The van der Waals surface area contributed by atoms with Gasteiger partial charge in [0.25, 0.3) is 0 Å². The molecule has 1 heterocycles. The van der Waals surface area contributed by atoms with Gasteiger partial charge in [-0.3, -0.25) is 0 Å². The molecule has 0 aliphatic heterocycles. The van der Waals surface area contributed by atoms with Crippen molar-refractivity contribution in [1.82, 2.24) is 4.98 Å². The van der Waals surface area contributed by atoms with Crippen molar-refractivity contribution in [2.45, 2.75) is 13.8 Å². The van der Waals surface area contributed by atoms with Crippen LogP contribution < -0.4 is 0 Å². The van der Waals surface area contributed by atoms with Gasteiger partial charge in [0.2, 0.25) is 0 Å². The molecule has 0 aliphatic carbocycles. The van der Waals surface area contributed by atoms with E-state index in [-0.39, 0.29) is 0 Å². The molecule has 0 atom stereocenters. The third kappa shape index (κ3) is 1.07. The van der Waals surface area contributed by atoms with Crippen LogP contribution in [0.3, 0.4) is 0 Å². The Bertz CT molecular complexity index is 429. The van der Waals surface area contributed by atoms with Crippen LogP contribution in [-0.4, -0.2) is 4.98 Å². The van der Waals surface area contributed by atoms with Crippen molar-refractivity contribution < 1.29 is 0 Å². The minimum atomic E-state index is 1.09. The van der Waals surface area contributed by atoms with Crippen molar-refractivity contribution >= 4 is 26.8 Å². The van der Waals surface area contributed by atoms with Crippen molar-refractivity contribution in [2.24, 2.45) is 0 Å². The van der Waals surface area contributed by atoms with E-state index in [0.717, 1.165) is 4.60 Å². The number of benzene rings is 1. The normalized spacial score (nSPS) is 10.9. The number of hydrogen-bond acceptors (Lipinski definition) is 0. The fraction of sp³-hybridized carbons (Fsp3) is 0.200. The van der Waals surface area contributed by atoms with Gasteiger partial charge in [0.15, 0.2) is 0 Å². The lowest BCUT2D eigenvalue weighted by atomic mass is 10.1. The number of halogens is 1. The predicted molar refractivity (Wildman–Crippen MR) is 55.5 cm³/mol. The molecule has 1 aromatic carbocycles. The van der Waals surface area contributed by atoms with Crippen molar-refractivity contribution in [3.05, 3.63) is 33.9 Å². The van der Waals surface area contributed by atoms with E-state index < -0.39 is 0 Å². The molecule has 2 aromatic rings. The standard InChI is InChI=1S/C10H10BrN/c1-6-3-4-9-8(5-6)7(2)10(11)12-9/h3-5,12H,1-2H3. The lowest BCUT2D eigenvalue weighted by Gasteiger charge is -1.93. The number of hydrogen-bond donors (Lipinski definition) is 1. The van der Waals surface area contributed by atoms with Crippen LogP contribution in [0.25, 0.3) is 10.9 Å². The largest absolute Gasteiger partial charge is 0.349 e. The molecular weight excluding hydrogens is 214 g/mol. The first-order valence-corrected chi connectivity index (χ1v) is 4.72. The summed E-state index contributed by atoms with van der Waals surface area (Å²) in [5.74, 6) is 0. The zero-order valence-electron chi connectivity index (χ0n) is 7.11. The van der Waals surface area contributed by atoms with Crippen LogP contribution in [0, 0.1) is 13.8 Å². The Morgan fingerprint density at radius 2 is 2.00 bits per heavy atom. The molecule has 1 aromatic heterocycles. The molecule has 0 unspecified atom stereocenters. The molecule has 12 heavy (non-hydrogen) atoms. The highest BCUT2D eigenvalue weighted by molar-refractivity contribution is 9.10. The second kappa shape index (κ2) is 2.63. The van der Waals surface area contributed by atoms with E-state index in [0.29, 0.717) is 0 Å². The number of aryl methyl sites for hydroxylation is 2. The summed E-state index contributed by atoms with van der Waals surface area (Å²) in [6, 6.07) is 6.43. The SMILES string of the molecule is Cc1ccc2[nH]c(Br)c(C)c2c1. The molecule has 1 nitrogen and oxygen atoms in total. The van der Waals surface area contributed by atoms with Crippen LogP contribution >= 0.6 is 15.9 Å². The topological polar surface area (TPSA) is 15.8 Å². The molecule has 0 aliphatic rings. The minimum Gasteiger partial charge on any atom is -0.349 e.